The minimum atomic E-state index is -0.683. The van der Waals surface area contributed by atoms with Gasteiger partial charge in [0, 0.05) is 5.56 Å². The number of hydrogen-bond donors (Lipinski definition) is 2. The molecule has 0 bridgehead atoms. The summed E-state index contributed by atoms with van der Waals surface area (Å²) in [5, 5.41) is 11.8. The Hall–Kier alpha value is -1.13. The highest BCUT2D eigenvalue weighted by Crippen LogP contribution is 2.17. The maximum absolute atomic E-state index is 12.9. The Bertz CT molecular complexity index is 419. The van der Waals surface area contributed by atoms with Gasteiger partial charge in [-0.15, -0.1) is 0 Å². The van der Waals surface area contributed by atoms with Gasteiger partial charge in [-0.3, -0.25) is 4.79 Å². The van der Waals surface area contributed by atoms with Gasteiger partial charge in [0.2, 0.25) is 0 Å². The number of nitrogens with one attached hydrogen (secondary N) is 1. The molecule has 3 nitrogen and oxygen atoms in total. The average Bonchev–Trinajstić information content (AvgIpc) is 2.32. The van der Waals surface area contributed by atoms with Crippen LogP contribution in [-0.2, 0) is 0 Å². The van der Waals surface area contributed by atoms with Gasteiger partial charge in [0.25, 0.3) is 5.91 Å². The first-order valence-corrected chi connectivity index (χ1v) is 5.68. The quantitative estimate of drug-likeness (QED) is 0.872. The van der Waals surface area contributed by atoms with E-state index in [0.717, 1.165) is 6.07 Å². The summed E-state index contributed by atoms with van der Waals surface area (Å²) >= 11 is 5.59. The van der Waals surface area contributed by atoms with Gasteiger partial charge < -0.3 is 10.4 Å². The van der Waals surface area contributed by atoms with E-state index < -0.39 is 11.4 Å². The van der Waals surface area contributed by atoms with Crippen LogP contribution in [0.2, 0.25) is 5.02 Å². The molecule has 1 unspecified atom stereocenters. The van der Waals surface area contributed by atoms with Crippen molar-refractivity contribution in [2.75, 3.05) is 6.61 Å². The second kappa shape index (κ2) is 5.47. The van der Waals surface area contributed by atoms with Crippen LogP contribution in [0.25, 0.3) is 0 Å². The molecule has 0 radical (unpaired) electrons. The molecule has 94 valence electrons. The molecular weight excluding hydrogens is 245 g/mol. The first kappa shape index (κ1) is 13.9. The Morgan fingerprint density at radius 3 is 2.71 bits per heavy atom. The largest absolute Gasteiger partial charge is 0.394 e. The van der Waals surface area contributed by atoms with Gasteiger partial charge >= 0.3 is 0 Å². The number of carbonyl (C=O) groups excluding carboxylic acids is 1. The van der Waals surface area contributed by atoms with E-state index in [-0.39, 0.29) is 23.1 Å². The molecule has 1 amide bonds. The van der Waals surface area contributed by atoms with Crippen molar-refractivity contribution in [3.8, 4) is 0 Å². The van der Waals surface area contributed by atoms with Crippen LogP contribution >= 0.6 is 11.6 Å². The van der Waals surface area contributed by atoms with Crippen molar-refractivity contribution in [3.63, 3.8) is 0 Å². The normalized spacial score (nSPS) is 14.2. The lowest BCUT2D eigenvalue weighted by Gasteiger charge is -2.27. The van der Waals surface area contributed by atoms with Crippen molar-refractivity contribution < 1.29 is 14.3 Å². The predicted molar refractivity (Wildman–Crippen MR) is 64.7 cm³/mol. The number of aliphatic hydroxyl groups is 1. The molecule has 1 atom stereocenters. The van der Waals surface area contributed by atoms with E-state index in [9.17, 15) is 14.3 Å². The van der Waals surface area contributed by atoms with Crippen LogP contribution in [0, 0.1) is 5.82 Å². The molecule has 0 fully saturated rings. The highest BCUT2D eigenvalue weighted by atomic mass is 35.5. The minimum absolute atomic E-state index is 0.0974. The Morgan fingerprint density at radius 1 is 1.59 bits per heavy atom. The van der Waals surface area contributed by atoms with Crippen LogP contribution in [0.3, 0.4) is 0 Å². The molecule has 0 heterocycles. The van der Waals surface area contributed by atoms with Crippen LogP contribution in [0.15, 0.2) is 18.2 Å². The number of rotatable bonds is 4. The SMILES string of the molecule is CCC(C)(CO)NC(=O)c1ccc(F)c(Cl)c1. The molecule has 0 saturated heterocycles. The lowest BCUT2D eigenvalue weighted by molar-refractivity contribution is 0.0847. The van der Waals surface area contributed by atoms with Crippen LogP contribution < -0.4 is 5.32 Å². The maximum Gasteiger partial charge on any atom is 0.251 e. The Labute approximate surface area is 105 Å². The molecule has 1 aromatic rings. The van der Waals surface area contributed by atoms with Crippen LogP contribution in [-0.4, -0.2) is 23.2 Å². The van der Waals surface area contributed by atoms with Crippen LogP contribution in [0.4, 0.5) is 4.39 Å². The Morgan fingerprint density at radius 2 is 2.24 bits per heavy atom. The standard InChI is InChI=1S/C12H15ClFNO2/c1-3-12(2,7-16)15-11(17)8-4-5-10(14)9(13)6-8/h4-6,16H,3,7H2,1-2H3,(H,15,17). The van der Waals surface area contributed by atoms with E-state index >= 15 is 0 Å². The highest BCUT2D eigenvalue weighted by Gasteiger charge is 2.24. The Balaban J connectivity index is 2.86. The summed E-state index contributed by atoms with van der Waals surface area (Å²) in [5.41, 5.74) is -0.415. The van der Waals surface area contributed by atoms with E-state index in [1.807, 2.05) is 6.92 Å². The van der Waals surface area contributed by atoms with E-state index in [4.69, 9.17) is 11.6 Å². The summed E-state index contributed by atoms with van der Waals surface area (Å²) in [6, 6.07) is 3.75. The first-order valence-electron chi connectivity index (χ1n) is 5.30. The zero-order chi connectivity index (χ0) is 13.1. The summed E-state index contributed by atoms with van der Waals surface area (Å²) in [5.74, 6) is -0.950. The molecule has 2 N–H and O–H groups in total. The van der Waals surface area contributed by atoms with Crippen molar-refractivity contribution in [2.45, 2.75) is 25.8 Å². The van der Waals surface area contributed by atoms with Crippen molar-refractivity contribution in [1.29, 1.82) is 0 Å². The van der Waals surface area contributed by atoms with Crippen molar-refractivity contribution in [2.24, 2.45) is 0 Å². The monoisotopic (exact) mass is 259 g/mol. The zero-order valence-corrected chi connectivity index (χ0v) is 10.5. The van der Waals surface area contributed by atoms with Gasteiger partial charge in [0.05, 0.1) is 17.2 Å². The fraction of sp³-hybridized carbons (Fsp3) is 0.417. The van der Waals surface area contributed by atoms with Gasteiger partial charge in [-0.25, -0.2) is 4.39 Å². The maximum atomic E-state index is 12.9. The molecule has 5 heteroatoms. The second-order valence-corrected chi connectivity index (χ2v) is 4.56. The minimum Gasteiger partial charge on any atom is -0.394 e. The lowest BCUT2D eigenvalue weighted by Crippen LogP contribution is -2.48. The van der Waals surface area contributed by atoms with E-state index in [2.05, 4.69) is 5.32 Å². The smallest absolute Gasteiger partial charge is 0.251 e. The first-order chi connectivity index (χ1) is 7.91. The van der Waals surface area contributed by atoms with Crippen molar-refractivity contribution in [1.82, 2.24) is 5.32 Å². The average molecular weight is 260 g/mol. The van der Waals surface area contributed by atoms with Gasteiger partial charge in [0.15, 0.2) is 0 Å². The predicted octanol–water partition coefficient (Wildman–Crippen LogP) is 2.37. The summed E-state index contributed by atoms with van der Waals surface area (Å²) in [7, 11) is 0. The third-order valence-corrected chi connectivity index (χ3v) is 3.02. The molecule has 0 saturated carbocycles. The Kier molecular flexibility index (Phi) is 4.48. The summed E-state index contributed by atoms with van der Waals surface area (Å²) < 4.78 is 12.9. The number of aliphatic hydroxyl groups excluding tert-OH is 1. The zero-order valence-electron chi connectivity index (χ0n) is 9.76. The molecule has 17 heavy (non-hydrogen) atoms. The second-order valence-electron chi connectivity index (χ2n) is 4.16. The third-order valence-electron chi connectivity index (χ3n) is 2.73. The van der Waals surface area contributed by atoms with E-state index in [0.29, 0.717) is 6.42 Å². The number of halogens is 2. The molecule has 1 rings (SSSR count). The molecule has 0 aliphatic carbocycles. The molecule has 0 aliphatic rings. The van der Waals surface area contributed by atoms with Gasteiger partial charge in [-0.1, -0.05) is 18.5 Å². The van der Waals surface area contributed by atoms with Gasteiger partial charge in [0.1, 0.15) is 5.82 Å². The van der Waals surface area contributed by atoms with Crippen LogP contribution in [0.5, 0.6) is 0 Å². The van der Waals surface area contributed by atoms with Gasteiger partial charge in [-0.05, 0) is 31.5 Å². The topological polar surface area (TPSA) is 49.3 Å². The number of carbonyl (C=O) groups is 1. The van der Waals surface area contributed by atoms with Crippen molar-refractivity contribution in [3.05, 3.63) is 34.6 Å². The third kappa shape index (κ3) is 3.41. The van der Waals surface area contributed by atoms with Gasteiger partial charge in [-0.2, -0.15) is 0 Å². The number of hydrogen-bond acceptors (Lipinski definition) is 2. The lowest BCUT2D eigenvalue weighted by atomic mass is 9.99. The van der Waals surface area contributed by atoms with E-state index in [1.165, 1.54) is 12.1 Å². The molecule has 0 spiro atoms. The summed E-state index contributed by atoms with van der Waals surface area (Å²) in [4.78, 5) is 11.8. The molecular formula is C12H15ClFNO2. The van der Waals surface area contributed by atoms with E-state index in [1.54, 1.807) is 6.92 Å². The van der Waals surface area contributed by atoms with Crippen LogP contribution in [0.1, 0.15) is 30.6 Å². The highest BCUT2D eigenvalue weighted by molar-refractivity contribution is 6.31. The summed E-state index contributed by atoms with van der Waals surface area (Å²) in [6.07, 6.45) is 0.587. The van der Waals surface area contributed by atoms with Crippen molar-refractivity contribution >= 4 is 17.5 Å². The fourth-order valence-corrected chi connectivity index (χ4v) is 1.40. The number of benzene rings is 1. The molecule has 0 aromatic heterocycles. The molecule has 0 aliphatic heterocycles. The fourth-order valence-electron chi connectivity index (χ4n) is 1.22. The molecule has 1 aromatic carbocycles. The summed E-state index contributed by atoms with van der Waals surface area (Å²) in [6.45, 7) is 3.42. The number of amides is 1.